The second-order valence-corrected chi connectivity index (χ2v) is 3.80. The van der Waals surface area contributed by atoms with Gasteiger partial charge in [0.25, 0.3) is 0 Å². The van der Waals surface area contributed by atoms with Gasteiger partial charge in [-0.05, 0) is 7.05 Å². The van der Waals surface area contributed by atoms with Crippen molar-refractivity contribution in [3.63, 3.8) is 0 Å². The monoisotopic (exact) mass is 230 g/mol. The number of hydrogen-bond acceptors (Lipinski definition) is 4. The number of aliphatic carboxylic acids is 1. The fourth-order valence-corrected chi connectivity index (χ4v) is 1.38. The zero-order chi connectivity index (χ0) is 12.0. The molecule has 0 unspecified atom stereocenters. The minimum Gasteiger partial charge on any atom is -0.481 e. The maximum Gasteiger partial charge on any atom is 0.329 e. The number of carbonyl (C=O) groups is 2. The van der Waals surface area contributed by atoms with Gasteiger partial charge in [-0.25, -0.2) is 9.80 Å². The van der Waals surface area contributed by atoms with Gasteiger partial charge in [-0.3, -0.25) is 10.2 Å². The Bertz CT molecular complexity index is 251. The lowest BCUT2D eigenvalue weighted by molar-refractivity contribution is -0.136. The number of urea groups is 1. The molecule has 1 fully saturated rings. The van der Waals surface area contributed by atoms with E-state index in [0.717, 1.165) is 26.2 Å². The summed E-state index contributed by atoms with van der Waals surface area (Å²) < 4.78 is 0. The van der Waals surface area contributed by atoms with E-state index in [1.165, 1.54) is 0 Å². The average Bonchev–Trinajstić information content (AvgIpc) is 2.21. The number of rotatable bonds is 4. The lowest BCUT2D eigenvalue weighted by atomic mass is 10.4. The van der Waals surface area contributed by atoms with Crippen molar-refractivity contribution in [1.29, 1.82) is 0 Å². The predicted octanol–water partition coefficient (Wildman–Crippen LogP) is -1.08. The molecule has 16 heavy (non-hydrogen) atoms. The molecule has 1 rings (SSSR count). The Balaban J connectivity index is 2.11. The number of nitrogens with one attached hydrogen (secondary N) is 2. The summed E-state index contributed by atoms with van der Waals surface area (Å²) in [6.45, 7) is 3.53. The second-order valence-electron chi connectivity index (χ2n) is 3.80. The summed E-state index contributed by atoms with van der Waals surface area (Å²) in [5.41, 5.74) is 2.68. The number of hydrogen-bond donors (Lipinski definition) is 3. The number of likely N-dealkylation sites (N-methyl/N-ethyl adjacent to an activating group) is 1. The molecular formula is C9H18N4O3. The van der Waals surface area contributed by atoms with E-state index in [-0.39, 0.29) is 19.0 Å². The van der Waals surface area contributed by atoms with Crippen molar-refractivity contribution in [2.24, 2.45) is 0 Å². The Morgan fingerprint density at radius 2 is 1.88 bits per heavy atom. The van der Waals surface area contributed by atoms with E-state index in [4.69, 9.17) is 5.11 Å². The largest absolute Gasteiger partial charge is 0.481 e. The van der Waals surface area contributed by atoms with Crippen LogP contribution in [0.4, 0.5) is 4.79 Å². The zero-order valence-electron chi connectivity index (χ0n) is 9.40. The van der Waals surface area contributed by atoms with Gasteiger partial charge in [0.1, 0.15) is 0 Å². The van der Waals surface area contributed by atoms with Gasteiger partial charge in [0.05, 0.1) is 6.42 Å². The highest BCUT2D eigenvalue weighted by molar-refractivity contribution is 5.74. The Hall–Kier alpha value is -1.34. The molecule has 1 aliphatic heterocycles. The number of carbonyl (C=O) groups excluding carboxylic acids is 1. The zero-order valence-corrected chi connectivity index (χ0v) is 9.40. The van der Waals surface area contributed by atoms with Crippen molar-refractivity contribution in [1.82, 2.24) is 20.7 Å². The first-order valence-electron chi connectivity index (χ1n) is 5.27. The molecule has 3 N–H and O–H groups in total. The van der Waals surface area contributed by atoms with E-state index >= 15 is 0 Å². The van der Waals surface area contributed by atoms with Crippen molar-refractivity contribution in [3.8, 4) is 0 Å². The standard InChI is InChI=1S/C9H18N4O3/c1-12-4-6-13(7-5-12)11-9(16)10-3-2-8(14)15/h2-7H2,1H3,(H,14,15)(H2,10,11,16). The van der Waals surface area contributed by atoms with Gasteiger partial charge in [-0.15, -0.1) is 0 Å². The molecule has 0 atom stereocenters. The van der Waals surface area contributed by atoms with Crippen molar-refractivity contribution < 1.29 is 14.7 Å². The molecule has 7 nitrogen and oxygen atoms in total. The first-order chi connectivity index (χ1) is 7.58. The van der Waals surface area contributed by atoms with Crippen LogP contribution in [0.5, 0.6) is 0 Å². The van der Waals surface area contributed by atoms with Crippen LogP contribution in [0.15, 0.2) is 0 Å². The van der Waals surface area contributed by atoms with Gasteiger partial charge < -0.3 is 15.3 Å². The van der Waals surface area contributed by atoms with E-state index in [2.05, 4.69) is 15.6 Å². The molecule has 0 aromatic heterocycles. The second kappa shape index (κ2) is 6.29. The number of piperazine rings is 1. The summed E-state index contributed by atoms with van der Waals surface area (Å²) >= 11 is 0. The van der Waals surface area contributed by atoms with Crippen LogP contribution in [0, 0.1) is 0 Å². The topological polar surface area (TPSA) is 84.9 Å². The first kappa shape index (κ1) is 12.7. The van der Waals surface area contributed by atoms with Gasteiger partial charge in [0, 0.05) is 32.7 Å². The molecule has 0 aromatic rings. The fraction of sp³-hybridized carbons (Fsp3) is 0.778. The van der Waals surface area contributed by atoms with E-state index < -0.39 is 5.97 Å². The van der Waals surface area contributed by atoms with E-state index in [1.807, 2.05) is 12.1 Å². The fourth-order valence-electron chi connectivity index (χ4n) is 1.38. The quantitative estimate of drug-likeness (QED) is 0.572. The highest BCUT2D eigenvalue weighted by Crippen LogP contribution is 1.94. The molecular weight excluding hydrogens is 212 g/mol. The average molecular weight is 230 g/mol. The van der Waals surface area contributed by atoms with Crippen molar-refractivity contribution >= 4 is 12.0 Å². The van der Waals surface area contributed by atoms with Crippen LogP contribution >= 0.6 is 0 Å². The summed E-state index contributed by atoms with van der Waals surface area (Å²) in [7, 11) is 2.03. The number of carboxylic acid groups (broad SMARTS) is 1. The van der Waals surface area contributed by atoms with Gasteiger partial charge in [0.2, 0.25) is 0 Å². The van der Waals surface area contributed by atoms with Crippen LogP contribution in [0.1, 0.15) is 6.42 Å². The Morgan fingerprint density at radius 3 is 2.44 bits per heavy atom. The molecule has 2 amide bonds. The molecule has 7 heteroatoms. The maximum absolute atomic E-state index is 11.3. The van der Waals surface area contributed by atoms with Gasteiger partial charge >= 0.3 is 12.0 Å². The van der Waals surface area contributed by atoms with Crippen LogP contribution in [0.2, 0.25) is 0 Å². The summed E-state index contributed by atoms with van der Waals surface area (Å²) in [5, 5.41) is 12.7. The van der Waals surface area contributed by atoms with Crippen molar-refractivity contribution in [2.75, 3.05) is 39.8 Å². The van der Waals surface area contributed by atoms with Crippen LogP contribution in [-0.2, 0) is 4.79 Å². The third-order valence-electron chi connectivity index (χ3n) is 2.39. The Morgan fingerprint density at radius 1 is 1.25 bits per heavy atom. The highest BCUT2D eigenvalue weighted by Gasteiger charge is 2.15. The molecule has 0 spiro atoms. The number of nitrogens with zero attached hydrogens (tertiary/aromatic N) is 2. The van der Waals surface area contributed by atoms with E-state index in [1.54, 1.807) is 0 Å². The minimum absolute atomic E-state index is 0.0594. The van der Waals surface area contributed by atoms with Crippen LogP contribution < -0.4 is 10.7 Å². The van der Waals surface area contributed by atoms with Gasteiger partial charge in [-0.2, -0.15) is 0 Å². The summed E-state index contributed by atoms with van der Waals surface area (Å²) in [5.74, 6) is -0.917. The Kier molecular flexibility index (Phi) is 5.00. The molecule has 0 bridgehead atoms. The lowest BCUT2D eigenvalue weighted by Gasteiger charge is -2.32. The SMILES string of the molecule is CN1CCN(NC(=O)NCCC(=O)O)CC1. The molecule has 0 aromatic carbocycles. The molecule has 92 valence electrons. The first-order valence-corrected chi connectivity index (χ1v) is 5.27. The number of amides is 2. The number of hydrazine groups is 1. The summed E-state index contributed by atoms with van der Waals surface area (Å²) in [6.07, 6.45) is -0.0594. The lowest BCUT2D eigenvalue weighted by Crippen LogP contribution is -2.54. The summed E-state index contributed by atoms with van der Waals surface area (Å²) in [6, 6.07) is -0.342. The van der Waals surface area contributed by atoms with Crippen molar-refractivity contribution in [2.45, 2.75) is 6.42 Å². The summed E-state index contributed by atoms with van der Waals surface area (Å²) in [4.78, 5) is 23.7. The van der Waals surface area contributed by atoms with Crippen LogP contribution in [0.3, 0.4) is 0 Å². The Labute approximate surface area is 94.4 Å². The van der Waals surface area contributed by atoms with Crippen molar-refractivity contribution in [3.05, 3.63) is 0 Å². The highest BCUT2D eigenvalue weighted by atomic mass is 16.4. The molecule has 1 heterocycles. The predicted molar refractivity (Wildman–Crippen MR) is 57.9 cm³/mol. The number of carboxylic acids is 1. The molecule has 0 saturated carbocycles. The molecule has 0 radical (unpaired) electrons. The third kappa shape index (κ3) is 4.94. The smallest absolute Gasteiger partial charge is 0.329 e. The van der Waals surface area contributed by atoms with Crippen LogP contribution in [0.25, 0.3) is 0 Å². The third-order valence-corrected chi connectivity index (χ3v) is 2.39. The molecule has 0 aliphatic carbocycles. The molecule has 1 aliphatic rings. The minimum atomic E-state index is -0.917. The van der Waals surface area contributed by atoms with E-state index in [9.17, 15) is 9.59 Å². The van der Waals surface area contributed by atoms with Crippen LogP contribution in [-0.4, -0.2) is 66.8 Å². The molecule has 1 saturated heterocycles. The maximum atomic E-state index is 11.3. The van der Waals surface area contributed by atoms with Gasteiger partial charge in [0.15, 0.2) is 0 Å². The normalized spacial score (nSPS) is 18.1. The van der Waals surface area contributed by atoms with E-state index in [0.29, 0.717) is 0 Å². The van der Waals surface area contributed by atoms with Gasteiger partial charge in [-0.1, -0.05) is 0 Å².